The Morgan fingerprint density at radius 3 is 1.76 bits per heavy atom. The van der Waals surface area contributed by atoms with Crippen LogP contribution in [0.25, 0.3) is 0 Å². The first-order valence-electron chi connectivity index (χ1n) is 5.84. The molecule has 0 saturated carbocycles. The Hall–Kier alpha value is -2.77. The van der Waals surface area contributed by atoms with Gasteiger partial charge in [0.05, 0.1) is 14.2 Å². The fourth-order valence-corrected chi connectivity index (χ4v) is 1.75. The molecule has 1 aromatic rings. The minimum absolute atomic E-state index is 0.0231. The van der Waals surface area contributed by atoms with Crippen molar-refractivity contribution in [2.45, 2.75) is 0 Å². The van der Waals surface area contributed by atoms with Gasteiger partial charge in [0.25, 0.3) is 5.91 Å². The van der Waals surface area contributed by atoms with Crippen LogP contribution in [0.1, 0.15) is 10.4 Å². The molecule has 8 heteroatoms. The standard InChI is InChI=1S/C13H15NO7/c1-20-8-4-3-5-9(21-2)12(8)13(19)14(6-10(15)16)7-11(17)18/h3-5H,6-7H2,1-2H3,(H,15,16)(H,17,18). The van der Waals surface area contributed by atoms with Gasteiger partial charge >= 0.3 is 11.9 Å². The molecule has 0 radical (unpaired) electrons. The summed E-state index contributed by atoms with van der Waals surface area (Å²) in [6.07, 6.45) is 0. The summed E-state index contributed by atoms with van der Waals surface area (Å²) in [6, 6.07) is 4.58. The Morgan fingerprint density at radius 1 is 1.00 bits per heavy atom. The van der Waals surface area contributed by atoms with Crippen LogP contribution in [-0.2, 0) is 9.59 Å². The lowest BCUT2D eigenvalue weighted by Gasteiger charge is -2.21. The predicted octanol–water partition coefficient (Wildman–Crippen LogP) is 0.315. The zero-order valence-electron chi connectivity index (χ0n) is 11.5. The fraction of sp³-hybridized carbons (Fsp3) is 0.308. The molecule has 0 aromatic heterocycles. The first-order valence-corrected chi connectivity index (χ1v) is 5.84. The molecule has 0 aliphatic heterocycles. The Kier molecular flexibility index (Phi) is 5.53. The first-order chi connectivity index (χ1) is 9.90. The van der Waals surface area contributed by atoms with Crippen molar-refractivity contribution in [3.05, 3.63) is 23.8 Å². The van der Waals surface area contributed by atoms with Crippen molar-refractivity contribution >= 4 is 17.8 Å². The summed E-state index contributed by atoms with van der Waals surface area (Å²) in [5.41, 5.74) is -0.0231. The molecule has 8 nitrogen and oxygen atoms in total. The van der Waals surface area contributed by atoms with Gasteiger partial charge in [-0.15, -0.1) is 0 Å². The maximum absolute atomic E-state index is 12.4. The van der Waals surface area contributed by atoms with Crippen LogP contribution >= 0.6 is 0 Å². The Morgan fingerprint density at radius 2 is 1.43 bits per heavy atom. The van der Waals surface area contributed by atoms with Crippen molar-refractivity contribution in [1.29, 1.82) is 0 Å². The minimum atomic E-state index is -1.32. The number of carboxylic acids is 2. The number of benzene rings is 1. The van der Waals surface area contributed by atoms with Crippen LogP contribution in [-0.4, -0.2) is 60.3 Å². The third-order valence-corrected chi connectivity index (χ3v) is 2.58. The number of nitrogens with zero attached hydrogens (tertiary/aromatic N) is 1. The number of ether oxygens (including phenoxy) is 2. The second-order valence-corrected chi connectivity index (χ2v) is 3.99. The lowest BCUT2D eigenvalue weighted by atomic mass is 10.1. The summed E-state index contributed by atoms with van der Waals surface area (Å²) >= 11 is 0. The van der Waals surface area contributed by atoms with Gasteiger partial charge in [0.1, 0.15) is 30.2 Å². The maximum Gasteiger partial charge on any atom is 0.323 e. The molecule has 0 aliphatic rings. The Balaban J connectivity index is 3.24. The van der Waals surface area contributed by atoms with Crippen LogP contribution in [0.5, 0.6) is 11.5 Å². The van der Waals surface area contributed by atoms with Gasteiger partial charge in [-0.1, -0.05) is 6.07 Å². The van der Waals surface area contributed by atoms with Crippen molar-refractivity contribution in [2.75, 3.05) is 27.3 Å². The number of methoxy groups -OCH3 is 2. The van der Waals surface area contributed by atoms with Crippen molar-refractivity contribution in [2.24, 2.45) is 0 Å². The van der Waals surface area contributed by atoms with Gasteiger partial charge in [0.2, 0.25) is 0 Å². The molecule has 0 unspecified atom stereocenters. The van der Waals surface area contributed by atoms with Crippen LogP contribution in [0.3, 0.4) is 0 Å². The maximum atomic E-state index is 12.4. The molecular formula is C13H15NO7. The van der Waals surface area contributed by atoms with E-state index in [0.29, 0.717) is 4.90 Å². The van der Waals surface area contributed by atoms with E-state index in [0.717, 1.165) is 0 Å². The second kappa shape index (κ2) is 7.13. The van der Waals surface area contributed by atoms with Crippen molar-refractivity contribution in [3.63, 3.8) is 0 Å². The van der Waals surface area contributed by atoms with Crippen molar-refractivity contribution in [1.82, 2.24) is 4.90 Å². The highest BCUT2D eigenvalue weighted by Crippen LogP contribution is 2.29. The number of hydrogen-bond donors (Lipinski definition) is 2. The summed E-state index contributed by atoms with van der Waals surface area (Å²) in [5, 5.41) is 17.6. The van der Waals surface area contributed by atoms with Crippen LogP contribution in [0.4, 0.5) is 0 Å². The van der Waals surface area contributed by atoms with E-state index < -0.39 is 30.9 Å². The van der Waals surface area contributed by atoms with Crippen molar-refractivity contribution in [3.8, 4) is 11.5 Å². The van der Waals surface area contributed by atoms with E-state index in [2.05, 4.69) is 0 Å². The average Bonchev–Trinajstić information content (AvgIpc) is 2.43. The smallest absolute Gasteiger partial charge is 0.323 e. The van der Waals surface area contributed by atoms with Gasteiger partial charge in [0, 0.05) is 0 Å². The normalized spacial score (nSPS) is 9.81. The van der Waals surface area contributed by atoms with Gasteiger partial charge in [-0.2, -0.15) is 0 Å². The first kappa shape index (κ1) is 16.3. The van der Waals surface area contributed by atoms with E-state index in [1.807, 2.05) is 0 Å². The van der Waals surface area contributed by atoms with E-state index in [9.17, 15) is 14.4 Å². The van der Waals surface area contributed by atoms with Gasteiger partial charge in [-0.3, -0.25) is 14.4 Å². The van der Waals surface area contributed by atoms with Crippen LogP contribution < -0.4 is 9.47 Å². The summed E-state index contributed by atoms with van der Waals surface area (Å²) in [5.74, 6) is -3.11. The van der Waals surface area contributed by atoms with Crippen LogP contribution in [0, 0.1) is 0 Å². The van der Waals surface area contributed by atoms with Gasteiger partial charge in [-0.05, 0) is 12.1 Å². The number of carbonyl (C=O) groups excluding carboxylic acids is 1. The number of amides is 1. The quantitative estimate of drug-likeness (QED) is 0.744. The molecule has 2 N–H and O–H groups in total. The summed E-state index contributed by atoms with van der Waals surface area (Å²) in [6.45, 7) is -1.49. The zero-order chi connectivity index (χ0) is 16.0. The topological polar surface area (TPSA) is 113 Å². The van der Waals surface area contributed by atoms with E-state index in [1.54, 1.807) is 6.07 Å². The highest BCUT2D eigenvalue weighted by atomic mass is 16.5. The average molecular weight is 297 g/mol. The second-order valence-electron chi connectivity index (χ2n) is 3.99. The lowest BCUT2D eigenvalue weighted by Crippen LogP contribution is -2.39. The van der Waals surface area contributed by atoms with E-state index in [-0.39, 0.29) is 17.1 Å². The largest absolute Gasteiger partial charge is 0.496 e. The molecule has 0 fully saturated rings. The molecule has 0 saturated heterocycles. The molecule has 1 rings (SSSR count). The third-order valence-electron chi connectivity index (χ3n) is 2.58. The molecule has 1 aromatic carbocycles. The molecule has 0 aliphatic carbocycles. The highest BCUT2D eigenvalue weighted by molar-refractivity contribution is 6.02. The van der Waals surface area contributed by atoms with Crippen LogP contribution in [0.2, 0.25) is 0 Å². The molecule has 21 heavy (non-hydrogen) atoms. The molecule has 1 amide bonds. The molecule has 0 bridgehead atoms. The minimum Gasteiger partial charge on any atom is -0.496 e. The van der Waals surface area contributed by atoms with Gasteiger partial charge in [0.15, 0.2) is 0 Å². The summed E-state index contributed by atoms with van der Waals surface area (Å²) < 4.78 is 10.1. The Labute approximate surface area is 120 Å². The Bertz CT molecular complexity index is 517. The van der Waals surface area contributed by atoms with Crippen molar-refractivity contribution < 1.29 is 34.1 Å². The number of hydrogen-bond acceptors (Lipinski definition) is 5. The molecule has 0 spiro atoms. The predicted molar refractivity (Wildman–Crippen MR) is 70.7 cm³/mol. The number of carbonyl (C=O) groups is 3. The van der Waals surface area contributed by atoms with Gasteiger partial charge < -0.3 is 24.6 Å². The van der Waals surface area contributed by atoms with E-state index >= 15 is 0 Å². The SMILES string of the molecule is COc1cccc(OC)c1C(=O)N(CC(=O)O)CC(=O)O. The number of rotatable bonds is 7. The molecule has 114 valence electrons. The summed E-state index contributed by atoms with van der Waals surface area (Å²) in [7, 11) is 2.68. The molecule has 0 heterocycles. The molecule has 0 atom stereocenters. The van der Waals surface area contributed by atoms with E-state index in [1.165, 1.54) is 26.4 Å². The van der Waals surface area contributed by atoms with Gasteiger partial charge in [-0.25, -0.2) is 0 Å². The van der Waals surface area contributed by atoms with Crippen LogP contribution in [0.15, 0.2) is 18.2 Å². The monoisotopic (exact) mass is 297 g/mol. The number of carboxylic acid groups (broad SMARTS) is 2. The summed E-state index contributed by atoms with van der Waals surface area (Å²) in [4.78, 5) is 34.7. The number of aliphatic carboxylic acids is 2. The fourth-order valence-electron chi connectivity index (χ4n) is 1.75. The highest BCUT2D eigenvalue weighted by Gasteiger charge is 2.26. The van der Waals surface area contributed by atoms with E-state index in [4.69, 9.17) is 19.7 Å². The third kappa shape index (κ3) is 4.10. The molecular weight excluding hydrogens is 282 g/mol. The lowest BCUT2D eigenvalue weighted by molar-refractivity contribution is -0.140. The zero-order valence-corrected chi connectivity index (χ0v) is 11.5.